The third kappa shape index (κ3) is 5.91. The maximum Gasteiger partial charge on any atom is 2.00 e. The van der Waals surface area contributed by atoms with Gasteiger partial charge in [-0.3, -0.25) is 9.59 Å². The summed E-state index contributed by atoms with van der Waals surface area (Å²) in [7, 11) is 0. The van der Waals surface area contributed by atoms with E-state index in [2.05, 4.69) is 26.0 Å². The first kappa shape index (κ1) is 31.0. The maximum atomic E-state index is 12.9. The summed E-state index contributed by atoms with van der Waals surface area (Å²) in [5, 5.41) is 0. The number of amides is 2. The molecule has 0 spiro atoms. The van der Waals surface area contributed by atoms with Gasteiger partial charge in [-0.2, -0.15) is 0 Å². The second kappa shape index (κ2) is 15.0. The van der Waals surface area contributed by atoms with Crippen molar-refractivity contribution in [1.82, 2.24) is 0 Å². The van der Waals surface area contributed by atoms with Crippen molar-refractivity contribution in [1.29, 1.82) is 0 Å². The molecule has 5 rings (SSSR count). The monoisotopic (exact) mass is 620 g/mol. The van der Waals surface area contributed by atoms with Crippen molar-refractivity contribution >= 4 is 17.5 Å². The first-order valence-electron chi connectivity index (χ1n) is 10.4. The Bertz CT molecular complexity index is 852. The molecular formula is C25H26NO6W+. The van der Waals surface area contributed by atoms with Gasteiger partial charge in [-0.05, 0) is 18.6 Å². The molecule has 3 heterocycles. The fourth-order valence-corrected chi connectivity index (χ4v) is 4.92. The van der Waals surface area contributed by atoms with Crippen LogP contribution >= 0.6 is 0 Å². The molecule has 3 fully saturated rings. The standard InChI is InChI=1S/C17H16NO3.C5H10.3CO.W/c1-3-17-10(2)9-12(21-17)13-14(17)16(20)18(15(13)19)11-7-5-4-6-8-11;1-2-4-5-3-1;3*1-2;/h4-8,12-14H,3H2,1-2H3;1-5H2;;;;/q-1;;;;;+2/t12-,13-,14+,17+;;;;;/m1...../s1. The molecule has 0 radical (unpaired) electrons. The van der Waals surface area contributed by atoms with Gasteiger partial charge in [0.1, 0.15) is 0 Å². The first-order valence-corrected chi connectivity index (χ1v) is 10.4. The summed E-state index contributed by atoms with van der Waals surface area (Å²) in [5.41, 5.74) is 0.975. The summed E-state index contributed by atoms with van der Waals surface area (Å²) in [5.74, 6) is -1.11. The molecule has 7 nitrogen and oxygen atoms in total. The Kier molecular flexibility index (Phi) is 14.1. The number of rotatable bonds is 2. The second-order valence-corrected chi connectivity index (χ2v) is 7.67. The summed E-state index contributed by atoms with van der Waals surface area (Å²) < 4.78 is 28.5. The molecule has 2 saturated heterocycles. The van der Waals surface area contributed by atoms with E-state index in [-0.39, 0.29) is 39.0 Å². The van der Waals surface area contributed by atoms with E-state index in [1.165, 1.54) is 37.0 Å². The van der Waals surface area contributed by atoms with Gasteiger partial charge in [0, 0.05) is 0 Å². The van der Waals surface area contributed by atoms with Crippen molar-refractivity contribution < 1.29 is 49.3 Å². The van der Waals surface area contributed by atoms with Crippen molar-refractivity contribution in [3.63, 3.8) is 0 Å². The minimum atomic E-state index is -0.633. The number of imide groups is 1. The number of anilines is 1. The summed E-state index contributed by atoms with van der Waals surface area (Å²) in [6.45, 7) is 17.4. The van der Waals surface area contributed by atoms with E-state index in [0.717, 1.165) is 5.57 Å². The largest absolute Gasteiger partial charge is 2.00 e. The van der Waals surface area contributed by atoms with Gasteiger partial charge in [0.25, 0.3) is 0 Å². The summed E-state index contributed by atoms with van der Waals surface area (Å²) >= 11 is 0. The quantitative estimate of drug-likeness (QED) is 0.284. The third-order valence-electron chi connectivity index (χ3n) is 6.30. The van der Waals surface area contributed by atoms with E-state index in [4.69, 9.17) is 18.7 Å². The summed E-state index contributed by atoms with van der Waals surface area (Å²) in [4.78, 5) is 26.9. The molecule has 3 aliphatic heterocycles. The third-order valence-corrected chi connectivity index (χ3v) is 6.30. The summed E-state index contributed by atoms with van der Waals surface area (Å²) in [6, 6.07) is 9.13. The van der Waals surface area contributed by atoms with E-state index in [1.54, 1.807) is 12.1 Å². The SMILES string of the molecule is C1CCCC1.CC[C@]12O[C@H]([C-]=C1C)[C@H]1C(=O)N(c3ccccc3)C(=O)[C@H]12.[C-]#[O+].[C-]#[O+].[C-]#[O+].[W+2]. The van der Waals surface area contributed by atoms with Crippen LogP contribution in [0.25, 0.3) is 0 Å². The van der Waals surface area contributed by atoms with Gasteiger partial charge in [-0.1, -0.05) is 70.3 Å². The molecular weight excluding hydrogens is 594 g/mol. The van der Waals surface area contributed by atoms with E-state index >= 15 is 0 Å². The molecule has 1 aromatic carbocycles. The summed E-state index contributed by atoms with van der Waals surface area (Å²) in [6.07, 6.45) is 11.0. The van der Waals surface area contributed by atoms with Crippen LogP contribution in [0.1, 0.15) is 52.4 Å². The average molecular weight is 620 g/mol. The molecule has 0 N–H and O–H groups in total. The number of carbonyl (C=O) groups excluding carboxylic acids is 2. The Morgan fingerprint density at radius 3 is 1.91 bits per heavy atom. The van der Waals surface area contributed by atoms with Crippen molar-refractivity contribution in [3.05, 3.63) is 61.9 Å². The molecule has 2 amide bonds. The van der Waals surface area contributed by atoms with Crippen molar-refractivity contribution in [2.24, 2.45) is 11.8 Å². The number of nitrogens with zero attached hydrogens (tertiary/aromatic N) is 1. The topological polar surface area (TPSA) is 106 Å². The van der Waals surface area contributed by atoms with Crippen LogP contribution in [-0.4, -0.2) is 23.5 Å². The molecule has 8 heteroatoms. The van der Waals surface area contributed by atoms with Crippen molar-refractivity contribution in [2.75, 3.05) is 4.90 Å². The molecule has 1 aliphatic carbocycles. The van der Waals surface area contributed by atoms with Crippen LogP contribution in [0.2, 0.25) is 0 Å². The van der Waals surface area contributed by atoms with Crippen LogP contribution in [0.3, 0.4) is 0 Å². The predicted molar refractivity (Wildman–Crippen MR) is 111 cm³/mol. The van der Waals surface area contributed by atoms with Gasteiger partial charge in [0.2, 0.25) is 11.8 Å². The second-order valence-electron chi connectivity index (χ2n) is 7.67. The minimum Gasteiger partial charge on any atom is 2.00 e. The number of ether oxygens (including phenoxy) is 1. The number of hydrogen-bond acceptors (Lipinski definition) is 3. The maximum absolute atomic E-state index is 12.9. The normalized spacial score (nSPS) is 27.5. The van der Waals surface area contributed by atoms with Gasteiger partial charge in [0.15, 0.2) is 0 Å². The van der Waals surface area contributed by atoms with Crippen molar-refractivity contribution in [2.45, 2.75) is 64.1 Å². The van der Waals surface area contributed by atoms with E-state index in [1.807, 2.05) is 32.0 Å². The molecule has 4 aliphatic rings. The zero-order valence-electron chi connectivity index (χ0n) is 18.7. The predicted octanol–water partition coefficient (Wildman–Crippen LogP) is 3.94. The smallest absolute Gasteiger partial charge is 2.00 e. The molecule has 1 aromatic rings. The number of para-hydroxylation sites is 1. The number of fused-ring (bicyclic) bond motifs is 5. The zero-order chi connectivity index (χ0) is 24.3. The Morgan fingerprint density at radius 1 is 0.970 bits per heavy atom. The van der Waals surface area contributed by atoms with Gasteiger partial charge in [-0.15, -0.1) is 0 Å². The first-order chi connectivity index (χ1) is 15.6. The molecule has 1 saturated carbocycles. The number of carbonyl (C=O) groups is 2. The Morgan fingerprint density at radius 2 is 1.45 bits per heavy atom. The Labute approximate surface area is 209 Å². The van der Waals surface area contributed by atoms with Gasteiger partial charge < -0.3 is 10.8 Å². The van der Waals surface area contributed by atoms with Crippen LogP contribution in [0.15, 0.2) is 35.9 Å². The minimum absolute atomic E-state index is 0. The van der Waals surface area contributed by atoms with Crippen molar-refractivity contribution in [3.8, 4) is 0 Å². The fourth-order valence-electron chi connectivity index (χ4n) is 4.92. The molecule has 2 bridgehead atoms. The fraction of sp³-hybridized carbons (Fsp3) is 0.480. The number of hydrogen-bond donors (Lipinski definition) is 0. The van der Waals surface area contributed by atoms with Crippen LogP contribution in [0.4, 0.5) is 5.69 Å². The van der Waals surface area contributed by atoms with Crippen LogP contribution in [0.5, 0.6) is 0 Å². The zero-order valence-corrected chi connectivity index (χ0v) is 21.6. The molecule has 0 aromatic heterocycles. The van der Waals surface area contributed by atoms with E-state index < -0.39 is 17.4 Å². The van der Waals surface area contributed by atoms with Gasteiger partial charge in [-0.25, -0.2) is 10.5 Å². The van der Waals surface area contributed by atoms with Crippen LogP contribution in [-0.2, 0) is 49.3 Å². The molecule has 33 heavy (non-hydrogen) atoms. The average Bonchev–Trinajstić information content (AvgIpc) is 3.64. The van der Waals surface area contributed by atoms with Gasteiger partial charge in [0.05, 0.1) is 23.1 Å². The Balaban J connectivity index is 0.000000728. The Hall–Kier alpha value is -2.03. The van der Waals surface area contributed by atoms with Gasteiger partial charge >= 0.3 is 55.0 Å². The molecule has 4 atom stereocenters. The number of benzene rings is 1. The van der Waals surface area contributed by atoms with Crippen LogP contribution in [0, 0.1) is 37.9 Å². The van der Waals surface area contributed by atoms with E-state index in [0.29, 0.717) is 12.1 Å². The van der Waals surface area contributed by atoms with E-state index in [9.17, 15) is 9.59 Å². The molecule has 0 unspecified atom stereocenters. The van der Waals surface area contributed by atoms with Crippen LogP contribution < -0.4 is 4.90 Å². The molecule has 172 valence electrons.